The lowest BCUT2D eigenvalue weighted by Gasteiger charge is -2.34. The first kappa shape index (κ1) is 18.5. The summed E-state index contributed by atoms with van der Waals surface area (Å²) in [5, 5.41) is 1.54. The molecule has 0 atom stereocenters. The van der Waals surface area contributed by atoms with E-state index in [1.807, 2.05) is 5.32 Å². The molecule has 0 aromatic carbocycles. The van der Waals surface area contributed by atoms with Crippen LogP contribution < -0.4 is 5.32 Å². The maximum atomic E-state index is 12.6. The molecule has 9 heteroatoms. The molecule has 1 saturated carbocycles. The number of rotatable bonds is 4. The lowest BCUT2D eigenvalue weighted by Crippen LogP contribution is -2.47. The number of piperidine rings is 1. The molecule has 0 spiro atoms. The van der Waals surface area contributed by atoms with Crippen molar-refractivity contribution in [2.45, 2.75) is 56.4 Å². The minimum Gasteiger partial charge on any atom is -0.347 e. The highest BCUT2D eigenvalue weighted by Crippen LogP contribution is 2.29. The second-order valence-corrected chi connectivity index (χ2v) is 8.52. The fourth-order valence-electron chi connectivity index (χ4n) is 3.28. The van der Waals surface area contributed by atoms with E-state index in [0.717, 1.165) is 19.3 Å². The summed E-state index contributed by atoms with van der Waals surface area (Å²) in [6.07, 6.45) is 0.364. The molecule has 0 unspecified atom stereocenters. The van der Waals surface area contributed by atoms with Gasteiger partial charge in [0, 0.05) is 19.0 Å². The minimum atomic E-state index is -4.43. The van der Waals surface area contributed by atoms with Crippen molar-refractivity contribution in [2.75, 3.05) is 19.6 Å². The van der Waals surface area contributed by atoms with Crippen molar-refractivity contribution in [1.29, 1.82) is 0 Å². The summed E-state index contributed by atoms with van der Waals surface area (Å²) in [6.45, 7) is -0.918. The average molecular weight is 356 g/mol. The summed E-state index contributed by atoms with van der Waals surface area (Å²) in [6, 6.07) is 0. The number of carbonyl (C=O) groups is 1. The molecule has 0 bridgehead atoms. The molecule has 1 heterocycles. The van der Waals surface area contributed by atoms with Crippen LogP contribution in [0.15, 0.2) is 0 Å². The highest BCUT2D eigenvalue weighted by Gasteiger charge is 2.37. The fraction of sp³-hybridized carbons (Fsp3) is 0.929. The molecule has 1 aliphatic carbocycles. The molecule has 0 aromatic rings. The van der Waals surface area contributed by atoms with E-state index >= 15 is 0 Å². The minimum absolute atomic E-state index is 0.211. The van der Waals surface area contributed by atoms with Gasteiger partial charge in [0.1, 0.15) is 6.54 Å². The van der Waals surface area contributed by atoms with Gasteiger partial charge in [-0.1, -0.05) is 19.3 Å². The maximum Gasteiger partial charge on any atom is 0.405 e. The van der Waals surface area contributed by atoms with Crippen molar-refractivity contribution < 1.29 is 26.4 Å². The van der Waals surface area contributed by atoms with Crippen LogP contribution >= 0.6 is 0 Å². The Morgan fingerprint density at radius 2 is 1.61 bits per heavy atom. The van der Waals surface area contributed by atoms with E-state index in [4.69, 9.17) is 0 Å². The molecule has 1 saturated heterocycles. The molecular weight excluding hydrogens is 333 g/mol. The molecule has 5 nitrogen and oxygen atoms in total. The maximum absolute atomic E-state index is 12.6. The van der Waals surface area contributed by atoms with Crippen molar-refractivity contribution in [2.24, 2.45) is 5.92 Å². The molecule has 1 aliphatic heterocycles. The van der Waals surface area contributed by atoms with Crippen LogP contribution in [0, 0.1) is 5.92 Å². The van der Waals surface area contributed by atoms with Crippen LogP contribution in [0.1, 0.15) is 44.9 Å². The van der Waals surface area contributed by atoms with Gasteiger partial charge in [-0.15, -0.1) is 0 Å². The number of nitrogens with zero attached hydrogens (tertiary/aromatic N) is 1. The predicted molar refractivity (Wildman–Crippen MR) is 79.2 cm³/mol. The Kier molecular flexibility index (Phi) is 5.94. The first-order valence-corrected chi connectivity index (χ1v) is 9.54. The van der Waals surface area contributed by atoms with Gasteiger partial charge < -0.3 is 5.32 Å². The number of amides is 1. The summed E-state index contributed by atoms with van der Waals surface area (Å²) >= 11 is 0. The Balaban J connectivity index is 1.84. The molecule has 1 N–H and O–H groups in total. The second-order valence-electron chi connectivity index (χ2n) is 6.31. The van der Waals surface area contributed by atoms with Crippen LogP contribution in [0.2, 0.25) is 0 Å². The van der Waals surface area contributed by atoms with Crippen molar-refractivity contribution in [3.8, 4) is 0 Å². The van der Waals surface area contributed by atoms with E-state index in [1.54, 1.807) is 0 Å². The van der Waals surface area contributed by atoms with E-state index in [1.165, 1.54) is 4.31 Å². The van der Waals surface area contributed by atoms with E-state index in [0.29, 0.717) is 12.8 Å². The van der Waals surface area contributed by atoms with Crippen LogP contribution in [-0.2, 0) is 14.8 Å². The van der Waals surface area contributed by atoms with Gasteiger partial charge in [0.2, 0.25) is 15.9 Å². The van der Waals surface area contributed by atoms with Crippen LogP contribution in [-0.4, -0.2) is 49.7 Å². The number of sulfonamides is 1. The Morgan fingerprint density at radius 1 is 1.04 bits per heavy atom. The standard InChI is InChI=1S/C14H23F3N2O3S/c15-14(16,17)10-18-13(20)11-6-8-19(9-7-11)23(21,22)12-4-2-1-3-5-12/h11-12H,1-10H2,(H,18,20). The normalized spacial score (nSPS) is 22.9. The van der Waals surface area contributed by atoms with Crippen molar-refractivity contribution in [3.63, 3.8) is 0 Å². The number of nitrogens with one attached hydrogen (secondary N) is 1. The molecule has 2 rings (SSSR count). The molecule has 0 radical (unpaired) electrons. The van der Waals surface area contributed by atoms with Crippen LogP contribution in [0.25, 0.3) is 0 Å². The third-order valence-corrected chi connectivity index (χ3v) is 7.02. The first-order valence-electron chi connectivity index (χ1n) is 8.03. The summed E-state index contributed by atoms with van der Waals surface area (Å²) in [4.78, 5) is 11.7. The molecule has 0 aromatic heterocycles. The summed E-state index contributed by atoms with van der Waals surface area (Å²) in [7, 11) is -3.35. The molecule has 23 heavy (non-hydrogen) atoms. The zero-order valence-electron chi connectivity index (χ0n) is 12.9. The largest absolute Gasteiger partial charge is 0.405 e. The van der Waals surface area contributed by atoms with E-state index in [9.17, 15) is 26.4 Å². The number of hydrogen-bond donors (Lipinski definition) is 1. The fourth-order valence-corrected chi connectivity index (χ4v) is 5.35. The van der Waals surface area contributed by atoms with Crippen molar-refractivity contribution in [1.82, 2.24) is 9.62 Å². The quantitative estimate of drug-likeness (QED) is 0.838. The SMILES string of the molecule is O=C(NCC(F)(F)F)C1CCN(S(=O)(=O)C2CCCCC2)CC1. The number of carbonyl (C=O) groups excluding carboxylic acids is 1. The van der Waals surface area contributed by atoms with Gasteiger partial charge in [-0.3, -0.25) is 4.79 Å². The Morgan fingerprint density at radius 3 is 2.13 bits per heavy atom. The number of alkyl halides is 3. The predicted octanol–water partition coefficient (Wildman–Crippen LogP) is 2.04. The highest BCUT2D eigenvalue weighted by molar-refractivity contribution is 7.89. The third kappa shape index (κ3) is 5.07. The Bertz CT molecular complexity index is 508. The van der Waals surface area contributed by atoms with Gasteiger partial charge in [-0.25, -0.2) is 12.7 Å². The lowest BCUT2D eigenvalue weighted by atomic mass is 9.97. The van der Waals surface area contributed by atoms with Gasteiger partial charge >= 0.3 is 6.18 Å². The molecular formula is C14H23F3N2O3S. The molecule has 134 valence electrons. The Labute approximate surface area is 134 Å². The van der Waals surface area contributed by atoms with Crippen molar-refractivity contribution >= 4 is 15.9 Å². The Hall–Kier alpha value is -0.830. The monoisotopic (exact) mass is 356 g/mol. The van der Waals surface area contributed by atoms with Gasteiger partial charge in [0.25, 0.3) is 0 Å². The third-order valence-electron chi connectivity index (χ3n) is 4.62. The average Bonchev–Trinajstić information content (AvgIpc) is 2.53. The van der Waals surface area contributed by atoms with Crippen molar-refractivity contribution in [3.05, 3.63) is 0 Å². The van der Waals surface area contributed by atoms with Gasteiger partial charge in [-0.2, -0.15) is 13.2 Å². The first-order chi connectivity index (χ1) is 10.7. The topological polar surface area (TPSA) is 66.5 Å². The van der Waals surface area contributed by atoms with Gasteiger partial charge in [0.15, 0.2) is 0 Å². The van der Waals surface area contributed by atoms with Gasteiger partial charge in [-0.05, 0) is 25.7 Å². The molecule has 2 fully saturated rings. The number of hydrogen-bond acceptors (Lipinski definition) is 3. The van der Waals surface area contributed by atoms with Gasteiger partial charge in [0.05, 0.1) is 5.25 Å². The lowest BCUT2D eigenvalue weighted by molar-refractivity contribution is -0.141. The zero-order chi connectivity index (χ0) is 17.1. The molecule has 1 amide bonds. The summed E-state index contributed by atoms with van der Waals surface area (Å²) < 4.78 is 62.8. The highest BCUT2D eigenvalue weighted by atomic mass is 32.2. The van der Waals surface area contributed by atoms with E-state index < -0.39 is 34.6 Å². The second kappa shape index (κ2) is 7.38. The summed E-state index contributed by atoms with van der Waals surface area (Å²) in [5.41, 5.74) is 0. The van der Waals surface area contributed by atoms with Crippen LogP contribution in [0.3, 0.4) is 0 Å². The van der Waals surface area contributed by atoms with E-state index in [2.05, 4.69) is 0 Å². The zero-order valence-corrected chi connectivity index (χ0v) is 13.8. The smallest absolute Gasteiger partial charge is 0.347 e. The molecule has 2 aliphatic rings. The van der Waals surface area contributed by atoms with Crippen LogP contribution in [0.4, 0.5) is 13.2 Å². The summed E-state index contributed by atoms with van der Waals surface area (Å²) in [5.74, 6) is -1.19. The van der Waals surface area contributed by atoms with E-state index in [-0.39, 0.29) is 31.2 Å². The number of halogens is 3. The van der Waals surface area contributed by atoms with Crippen LogP contribution in [0.5, 0.6) is 0 Å².